The van der Waals surface area contributed by atoms with Crippen LogP contribution < -0.4 is 0 Å². The molecule has 0 atom stereocenters. The van der Waals surface area contributed by atoms with E-state index < -0.39 is 0 Å². The lowest BCUT2D eigenvalue weighted by atomic mass is 9.84. The van der Waals surface area contributed by atoms with Gasteiger partial charge in [0, 0.05) is 27.1 Å². The molecule has 1 fully saturated rings. The lowest BCUT2D eigenvalue weighted by Crippen LogP contribution is -2.34. The largest absolute Gasteiger partial charge is 0.353 e. The minimum atomic E-state index is -0.319. The van der Waals surface area contributed by atoms with E-state index in [0.29, 0.717) is 0 Å². The molecule has 0 spiro atoms. The molecule has 0 aromatic heterocycles. The Balaban J connectivity index is 2.20. The Kier molecular flexibility index (Phi) is 11.2. The van der Waals surface area contributed by atoms with E-state index in [4.69, 9.17) is 9.47 Å². The van der Waals surface area contributed by atoms with Gasteiger partial charge in [-0.15, -0.1) is 0 Å². The van der Waals surface area contributed by atoms with Crippen LogP contribution in [-0.4, -0.2) is 20.0 Å². The molecule has 2 heteroatoms. The molecule has 2 nitrogen and oxygen atoms in total. The first-order valence-corrected chi connectivity index (χ1v) is 9.86. The molecule has 1 aliphatic rings. The second-order valence-electron chi connectivity index (χ2n) is 7.23. The Labute approximate surface area is 139 Å². The molecular formula is C20H40O2. The van der Waals surface area contributed by atoms with Crippen LogP contribution in [0.3, 0.4) is 0 Å². The van der Waals surface area contributed by atoms with Crippen LogP contribution in [0.5, 0.6) is 0 Å². The van der Waals surface area contributed by atoms with Gasteiger partial charge in [0.2, 0.25) is 0 Å². The molecule has 0 radical (unpaired) electrons. The van der Waals surface area contributed by atoms with Crippen LogP contribution >= 0.6 is 0 Å². The molecule has 1 aliphatic carbocycles. The van der Waals surface area contributed by atoms with Crippen molar-refractivity contribution in [1.82, 2.24) is 0 Å². The molecule has 0 heterocycles. The van der Waals surface area contributed by atoms with Crippen LogP contribution in [0.25, 0.3) is 0 Å². The van der Waals surface area contributed by atoms with Crippen molar-refractivity contribution < 1.29 is 9.47 Å². The Morgan fingerprint density at radius 2 is 1.36 bits per heavy atom. The highest BCUT2D eigenvalue weighted by Crippen LogP contribution is 2.33. The van der Waals surface area contributed by atoms with E-state index in [1.807, 2.05) is 14.2 Å². The quantitative estimate of drug-likeness (QED) is 0.286. The molecule has 0 aromatic rings. The van der Waals surface area contributed by atoms with Gasteiger partial charge < -0.3 is 9.47 Å². The van der Waals surface area contributed by atoms with Crippen molar-refractivity contribution in [2.75, 3.05) is 14.2 Å². The summed E-state index contributed by atoms with van der Waals surface area (Å²) in [7, 11) is 3.65. The summed E-state index contributed by atoms with van der Waals surface area (Å²) in [6.07, 6.45) is 20.0. The van der Waals surface area contributed by atoms with Crippen molar-refractivity contribution in [1.29, 1.82) is 0 Å². The summed E-state index contributed by atoms with van der Waals surface area (Å²) in [4.78, 5) is 0. The fourth-order valence-electron chi connectivity index (χ4n) is 3.87. The van der Waals surface area contributed by atoms with Gasteiger partial charge in [-0.05, 0) is 18.8 Å². The molecule has 0 unspecified atom stereocenters. The van der Waals surface area contributed by atoms with Crippen LogP contribution in [0, 0.1) is 5.92 Å². The topological polar surface area (TPSA) is 18.5 Å². The third kappa shape index (κ3) is 7.97. The fourth-order valence-corrected chi connectivity index (χ4v) is 3.87. The summed E-state index contributed by atoms with van der Waals surface area (Å²) in [5.41, 5.74) is 0. The molecule has 132 valence electrons. The van der Waals surface area contributed by atoms with Crippen LogP contribution in [0.2, 0.25) is 0 Å². The van der Waals surface area contributed by atoms with Crippen molar-refractivity contribution in [3.8, 4) is 0 Å². The van der Waals surface area contributed by atoms with Crippen LogP contribution in [0.1, 0.15) is 103 Å². The number of ether oxygens (including phenoxy) is 2. The van der Waals surface area contributed by atoms with Gasteiger partial charge in [-0.25, -0.2) is 0 Å². The van der Waals surface area contributed by atoms with Gasteiger partial charge in [-0.2, -0.15) is 0 Å². The molecule has 1 saturated carbocycles. The molecule has 0 amide bonds. The van der Waals surface area contributed by atoms with Gasteiger partial charge in [0.05, 0.1) is 0 Å². The summed E-state index contributed by atoms with van der Waals surface area (Å²) in [5.74, 6) is 0.591. The van der Waals surface area contributed by atoms with Gasteiger partial charge in [-0.1, -0.05) is 77.6 Å². The maximum Gasteiger partial charge on any atom is 0.167 e. The van der Waals surface area contributed by atoms with Crippen LogP contribution in [0.4, 0.5) is 0 Å². The first-order chi connectivity index (χ1) is 10.8. The second-order valence-corrected chi connectivity index (χ2v) is 7.23. The number of unbranched alkanes of at least 4 members (excludes halogenated alkanes) is 6. The fraction of sp³-hybridized carbons (Fsp3) is 1.00. The zero-order valence-corrected chi connectivity index (χ0v) is 15.5. The Hall–Kier alpha value is -0.0800. The number of methoxy groups -OCH3 is 2. The Morgan fingerprint density at radius 1 is 0.773 bits per heavy atom. The smallest absolute Gasteiger partial charge is 0.167 e. The monoisotopic (exact) mass is 312 g/mol. The molecular weight excluding hydrogens is 272 g/mol. The molecule has 22 heavy (non-hydrogen) atoms. The molecule has 0 aromatic carbocycles. The number of hydrogen-bond donors (Lipinski definition) is 0. The maximum absolute atomic E-state index is 5.80. The average Bonchev–Trinajstić information content (AvgIpc) is 2.58. The van der Waals surface area contributed by atoms with E-state index in [1.165, 1.54) is 83.5 Å². The molecule has 0 N–H and O–H groups in total. The second kappa shape index (κ2) is 12.4. The predicted octanol–water partition coefficient (Wildman–Crippen LogP) is 6.48. The summed E-state index contributed by atoms with van der Waals surface area (Å²) in [6, 6.07) is 0. The van der Waals surface area contributed by atoms with Gasteiger partial charge >= 0.3 is 0 Å². The van der Waals surface area contributed by atoms with Crippen LogP contribution in [0.15, 0.2) is 0 Å². The normalized spacial score (nSPS) is 17.0. The molecule has 0 bridgehead atoms. The van der Waals surface area contributed by atoms with Crippen molar-refractivity contribution in [2.24, 2.45) is 5.92 Å². The van der Waals surface area contributed by atoms with E-state index in [2.05, 4.69) is 6.92 Å². The average molecular weight is 313 g/mol. The van der Waals surface area contributed by atoms with Gasteiger partial charge in [-0.3, -0.25) is 0 Å². The van der Waals surface area contributed by atoms with E-state index in [-0.39, 0.29) is 5.79 Å². The predicted molar refractivity (Wildman–Crippen MR) is 95.2 cm³/mol. The lowest BCUT2D eigenvalue weighted by Gasteiger charge is -2.33. The third-order valence-electron chi connectivity index (χ3n) is 5.56. The van der Waals surface area contributed by atoms with Gasteiger partial charge in [0.15, 0.2) is 5.79 Å². The van der Waals surface area contributed by atoms with Crippen molar-refractivity contribution in [3.05, 3.63) is 0 Å². The SMILES string of the molecule is CCCCCCCCCC(CCC1CCCCC1)(OC)OC. The summed E-state index contributed by atoms with van der Waals surface area (Å²) < 4.78 is 11.6. The number of rotatable bonds is 13. The Morgan fingerprint density at radius 3 is 1.95 bits per heavy atom. The maximum atomic E-state index is 5.80. The minimum Gasteiger partial charge on any atom is -0.353 e. The van der Waals surface area contributed by atoms with E-state index in [1.54, 1.807) is 0 Å². The lowest BCUT2D eigenvalue weighted by molar-refractivity contribution is -0.217. The first kappa shape index (κ1) is 20.0. The standard InChI is InChI=1S/C20H40O2/c1-4-5-6-7-8-9-13-17-20(21-2,22-3)18-16-19-14-11-10-12-15-19/h19H,4-18H2,1-3H3. The van der Waals surface area contributed by atoms with E-state index >= 15 is 0 Å². The van der Waals surface area contributed by atoms with Gasteiger partial charge in [0.1, 0.15) is 0 Å². The van der Waals surface area contributed by atoms with Crippen molar-refractivity contribution in [3.63, 3.8) is 0 Å². The summed E-state index contributed by atoms with van der Waals surface area (Å²) in [6.45, 7) is 2.28. The minimum absolute atomic E-state index is 0.319. The summed E-state index contributed by atoms with van der Waals surface area (Å²) in [5, 5.41) is 0. The Bertz CT molecular complexity index is 242. The van der Waals surface area contributed by atoms with Crippen molar-refractivity contribution >= 4 is 0 Å². The summed E-state index contributed by atoms with van der Waals surface area (Å²) >= 11 is 0. The molecule has 0 aliphatic heterocycles. The van der Waals surface area contributed by atoms with E-state index in [0.717, 1.165) is 18.8 Å². The highest BCUT2D eigenvalue weighted by Gasteiger charge is 2.30. The highest BCUT2D eigenvalue weighted by atomic mass is 16.7. The first-order valence-electron chi connectivity index (χ1n) is 9.86. The molecule has 1 rings (SSSR count). The zero-order chi connectivity index (χ0) is 16.1. The van der Waals surface area contributed by atoms with Crippen molar-refractivity contribution in [2.45, 2.75) is 109 Å². The van der Waals surface area contributed by atoms with Gasteiger partial charge in [0.25, 0.3) is 0 Å². The third-order valence-corrected chi connectivity index (χ3v) is 5.56. The number of hydrogen-bond acceptors (Lipinski definition) is 2. The zero-order valence-electron chi connectivity index (χ0n) is 15.5. The van der Waals surface area contributed by atoms with E-state index in [9.17, 15) is 0 Å². The highest BCUT2D eigenvalue weighted by molar-refractivity contribution is 4.74. The molecule has 0 saturated heterocycles. The van der Waals surface area contributed by atoms with Crippen LogP contribution in [-0.2, 0) is 9.47 Å².